The van der Waals surface area contributed by atoms with Gasteiger partial charge in [-0.25, -0.2) is 4.98 Å². The van der Waals surface area contributed by atoms with Gasteiger partial charge in [-0.3, -0.25) is 0 Å². The average molecular weight is 343 g/mol. The molecule has 0 aliphatic heterocycles. The molecule has 0 spiro atoms. The highest BCUT2D eigenvalue weighted by molar-refractivity contribution is 7.12. The van der Waals surface area contributed by atoms with Crippen LogP contribution in [-0.2, 0) is 5.41 Å². The van der Waals surface area contributed by atoms with Gasteiger partial charge in [0, 0.05) is 16.0 Å². The fourth-order valence-electron chi connectivity index (χ4n) is 2.03. The Bertz CT molecular complexity index is 644. The van der Waals surface area contributed by atoms with Crippen molar-refractivity contribution in [1.82, 2.24) is 4.98 Å². The summed E-state index contributed by atoms with van der Waals surface area (Å²) in [6.45, 7) is 10.8. The number of thiazole rings is 1. The summed E-state index contributed by atoms with van der Waals surface area (Å²) in [6, 6.07) is 5.77. The number of aryl methyl sites for hydroxylation is 1. The lowest BCUT2D eigenvalue weighted by molar-refractivity contribution is 0.584. The van der Waals surface area contributed by atoms with Gasteiger partial charge in [-0.15, -0.1) is 11.3 Å². The Morgan fingerprint density at radius 3 is 2.38 bits per heavy atom. The van der Waals surface area contributed by atoms with E-state index < -0.39 is 0 Å². The zero-order valence-electron chi connectivity index (χ0n) is 12.9. The number of nitrogens with one attached hydrogen (secondary N) is 1. The molecule has 2 nitrogen and oxygen atoms in total. The highest BCUT2D eigenvalue weighted by atomic mass is 35.5. The zero-order chi connectivity index (χ0) is 15.8. The minimum absolute atomic E-state index is 0.0803. The number of anilines is 1. The van der Waals surface area contributed by atoms with Gasteiger partial charge in [0.15, 0.2) is 0 Å². The summed E-state index contributed by atoms with van der Waals surface area (Å²) in [7, 11) is 0. The third-order valence-electron chi connectivity index (χ3n) is 3.17. The van der Waals surface area contributed by atoms with Gasteiger partial charge in [-0.2, -0.15) is 0 Å². The Hall–Kier alpha value is -0.770. The minimum atomic E-state index is 0.0803. The van der Waals surface area contributed by atoms with Gasteiger partial charge in [-0.1, -0.05) is 44.0 Å². The average Bonchev–Trinajstić information content (AvgIpc) is 2.76. The first-order valence-corrected chi connectivity index (χ1v) is 8.45. The molecule has 1 aromatic carbocycles. The monoisotopic (exact) mass is 342 g/mol. The van der Waals surface area contributed by atoms with Crippen molar-refractivity contribution in [1.29, 1.82) is 0 Å². The Kier molecular flexibility index (Phi) is 4.86. The van der Waals surface area contributed by atoms with Gasteiger partial charge >= 0.3 is 0 Å². The summed E-state index contributed by atoms with van der Waals surface area (Å²) in [5.41, 5.74) is 2.13. The molecule has 0 saturated heterocycles. The second-order valence-electron chi connectivity index (χ2n) is 6.21. The minimum Gasteiger partial charge on any atom is -0.378 e. The highest BCUT2D eigenvalue weighted by Gasteiger charge is 2.22. The predicted molar refractivity (Wildman–Crippen MR) is 94.1 cm³/mol. The Labute approximate surface area is 140 Å². The lowest BCUT2D eigenvalue weighted by atomic mass is 9.98. The van der Waals surface area contributed by atoms with Crippen LogP contribution in [0.4, 0.5) is 5.69 Å². The van der Waals surface area contributed by atoms with Crippen LogP contribution >= 0.6 is 34.5 Å². The van der Waals surface area contributed by atoms with Crippen LogP contribution < -0.4 is 5.32 Å². The van der Waals surface area contributed by atoms with Crippen molar-refractivity contribution >= 4 is 40.2 Å². The molecule has 1 atom stereocenters. The third kappa shape index (κ3) is 3.91. The molecule has 5 heteroatoms. The molecule has 0 saturated carbocycles. The molecule has 0 aliphatic carbocycles. The van der Waals surface area contributed by atoms with Crippen LogP contribution in [0.2, 0.25) is 10.0 Å². The van der Waals surface area contributed by atoms with Crippen LogP contribution in [0.15, 0.2) is 18.2 Å². The smallest absolute Gasteiger partial charge is 0.0985 e. The first-order valence-electron chi connectivity index (χ1n) is 6.88. The van der Waals surface area contributed by atoms with Crippen molar-refractivity contribution in [2.75, 3.05) is 5.32 Å². The molecular weight excluding hydrogens is 323 g/mol. The van der Waals surface area contributed by atoms with E-state index in [1.165, 1.54) is 4.88 Å². The van der Waals surface area contributed by atoms with Crippen LogP contribution in [-0.4, -0.2) is 4.98 Å². The molecule has 0 bridgehead atoms. The van der Waals surface area contributed by atoms with E-state index in [0.717, 1.165) is 16.4 Å². The number of nitrogens with zero attached hydrogens (tertiary/aromatic N) is 1. The molecule has 21 heavy (non-hydrogen) atoms. The van der Waals surface area contributed by atoms with Gasteiger partial charge in [0.25, 0.3) is 0 Å². The number of aromatic nitrogens is 1. The summed E-state index contributed by atoms with van der Waals surface area (Å²) in [6.07, 6.45) is 0. The van der Waals surface area contributed by atoms with E-state index in [1.54, 1.807) is 17.4 Å². The van der Waals surface area contributed by atoms with E-state index in [0.29, 0.717) is 10.0 Å². The molecule has 1 unspecified atom stereocenters. The van der Waals surface area contributed by atoms with Gasteiger partial charge < -0.3 is 5.32 Å². The fraction of sp³-hybridized carbons (Fsp3) is 0.438. The van der Waals surface area contributed by atoms with Crippen LogP contribution in [0.5, 0.6) is 0 Å². The second-order valence-corrected chi connectivity index (χ2v) is 8.06. The van der Waals surface area contributed by atoms with Gasteiger partial charge in [0.2, 0.25) is 0 Å². The maximum Gasteiger partial charge on any atom is 0.0985 e. The Morgan fingerprint density at radius 2 is 1.86 bits per heavy atom. The van der Waals surface area contributed by atoms with Crippen LogP contribution in [0, 0.1) is 6.92 Å². The van der Waals surface area contributed by atoms with Crippen molar-refractivity contribution < 1.29 is 0 Å². The van der Waals surface area contributed by atoms with Crippen molar-refractivity contribution in [2.24, 2.45) is 0 Å². The normalized spacial score (nSPS) is 13.3. The molecule has 1 aromatic heterocycles. The SMILES string of the molecule is Cc1nc(C(C)(C)C)sc1C(C)Nc1ccc(Cl)c(Cl)c1. The van der Waals surface area contributed by atoms with Crippen molar-refractivity contribution in [2.45, 2.75) is 46.1 Å². The summed E-state index contributed by atoms with van der Waals surface area (Å²) >= 11 is 13.8. The summed E-state index contributed by atoms with van der Waals surface area (Å²) in [4.78, 5) is 5.96. The van der Waals surface area contributed by atoms with E-state index >= 15 is 0 Å². The van der Waals surface area contributed by atoms with E-state index in [1.807, 2.05) is 12.1 Å². The summed E-state index contributed by atoms with van der Waals surface area (Å²) in [5, 5.41) is 5.75. The summed E-state index contributed by atoms with van der Waals surface area (Å²) in [5.74, 6) is 0. The van der Waals surface area contributed by atoms with Gasteiger partial charge in [-0.05, 0) is 32.0 Å². The maximum absolute atomic E-state index is 6.06. The molecule has 1 heterocycles. The number of benzene rings is 1. The standard InChI is InChI=1S/C16H20Cl2N2S/c1-9(19-11-6-7-12(17)13(18)8-11)14-10(2)20-15(21-14)16(3,4)5/h6-9,19H,1-5H3. The largest absolute Gasteiger partial charge is 0.378 e. The van der Waals surface area contributed by atoms with E-state index in [2.05, 4.69) is 39.9 Å². The maximum atomic E-state index is 6.06. The van der Waals surface area contributed by atoms with Gasteiger partial charge in [0.1, 0.15) is 0 Å². The molecular formula is C16H20Cl2N2S. The number of halogens is 2. The Morgan fingerprint density at radius 1 is 1.19 bits per heavy atom. The van der Waals surface area contributed by atoms with Gasteiger partial charge in [0.05, 0.1) is 26.8 Å². The molecule has 1 N–H and O–H groups in total. The number of hydrogen-bond donors (Lipinski definition) is 1. The molecule has 114 valence electrons. The summed E-state index contributed by atoms with van der Waals surface area (Å²) < 4.78 is 0. The molecule has 2 rings (SSSR count). The van der Waals surface area contributed by atoms with E-state index in [4.69, 9.17) is 28.2 Å². The quantitative estimate of drug-likeness (QED) is 0.715. The van der Waals surface area contributed by atoms with Crippen LogP contribution in [0.1, 0.15) is 49.3 Å². The Balaban J connectivity index is 2.22. The van der Waals surface area contributed by atoms with Crippen molar-refractivity contribution in [3.05, 3.63) is 43.8 Å². The highest BCUT2D eigenvalue weighted by Crippen LogP contribution is 2.34. The molecule has 0 fully saturated rings. The lowest BCUT2D eigenvalue weighted by Crippen LogP contribution is -2.10. The number of rotatable bonds is 3. The number of hydrogen-bond acceptors (Lipinski definition) is 3. The fourth-order valence-corrected chi connectivity index (χ4v) is 3.46. The van der Waals surface area contributed by atoms with Crippen LogP contribution in [0.25, 0.3) is 0 Å². The lowest BCUT2D eigenvalue weighted by Gasteiger charge is -2.16. The van der Waals surface area contributed by atoms with E-state index in [-0.39, 0.29) is 11.5 Å². The molecule has 0 radical (unpaired) electrons. The molecule has 0 aliphatic rings. The predicted octanol–water partition coefficient (Wildman–Crippen LogP) is 6.23. The van der Waals surface area contributed by atoms with Crippen LogP contribution in [0.3, 0.4) is 0 Å². The second kappa shape index (κ2) is 6.15. The first kappa shape index (κ1) is 16.6. The topological polar surface area (TPSA) is 24.9 Å². The molecule has 2 aromatic rings. The van der Waals surface area contributed by atoms with Crippen molar-refractivity contribution in [3.63, 3.8) is 0 Å². The third-order valence-corrected chi connectivity index (χ3v) is 5.68. The van der Waals surface area contributed by atoms with Crippen molar-refractivity contribution in [3.8, 4) is 0 Å². The molecule has 0 amide bonds. The zero-order valence-corrected chi connectivity index (χ0v) is 15.2. The first-order chi connectivity index (χ1) is 9.68. The van der Waals surface area contributed by atoms with E-state index in [9.17, 15) is 0 Å².